The van der Waals surface area contributed by atoms with Crippen LogP contribution in [0.3, 0.4) is 0 Å². The number of carbonyl (C=O) groups is 1. The highest BCUT2D eigenvalue weighted by Gasteiger charge is 2.31. The number of rotatable bonds is 2. The molecule has 1 aromatic carbocycles. The molecule has 0 N–H and O–H groups in total. The van der Waals surface area contributed by atoms with E-state index in [-0.39, 0.29) is 12.1 Å². The minimum absolute atomic E-state index is 0.105. The molecule has 1 amide bonds. The molecule has 1 aliphatic rings. The van der Waals surface area contributed by atoms with Crippen molar-refractivity contribution < 1.29 is 9.53 Å². The third-order valence-electron chi connectivity index (χ3n) is 4.78. The molecule has 1 saturated heterocycles. The SMILES string of the molecule is Cc1cc2nc(Cl)cc(Cl)c2cc1N1CC[C@H](N(C)C(=O)OC(C)(C)C)C1. The Morgan fingerprint density at radius 1 is 1.30 bits per heavy atom. The van der Waals surface area contributed by atoms with Crippen molar-refractivity contribution in [2.75, 3.05) is 25.0 Å². The van der Waals surface area contributed by atoms with E-state index < -0.39 is 5.60 Å². The number of anilines is 1. The molecule has 0 unspecified atom stereocenters. The maximum atomic E-state index is 12.4. The molecule has 0 bridgehead atoms. The second-order valence-electron chi connectivity index (χ2n) is 8.06. The summed E-state index contributed by atoms with van der Waals surface area (Å²) in [6.07, 6.45) is 0.603. The van der Waals surface area contributed by atoms with Crippen LogP contribution < -0.4 is 4.90 Å². The third-order valence-corrected chi connectivity index (χ3v) is 5.28. The van der Waals surface area contributed by atoms with E-state index in [2.05, 4.69) is 22.9 Å². The highest BCUT2D eigenvalue weighted by Crippen LogP contribution is 2.33. The lowest BCUT2D eigenvalue weighted by Gasteiger charge is -2.29. The van der Waals surface area contributed by atoms with Gasteiger partial charge in [-0.25, -0.2) is 9.78 Å². The van der Waals surface area contributed by atoms with Gasteiger partial charge in [0.1, 0.15) is 10.8 Å². The molecule has 0 spiro atoms. The number of hydrogen-bond donors (Lipinski definition) is 0. The number of amides is 1. The van der Waals surface area contributed by atoms with Crippen molar-refractivity contribution in [1.29, 1.82) is 0 Å². The largest absolute Gasteiger partial charge is 0.444 e. The van der Waals surface area contributed by atoms with Gasteiger partial charge in [-0.05, 0) is 57.9 Å². The smallest absolute Gasteiger partial charge is 0.410 e. The summed E-state index contributed by atoms with van der Waals surface area (Å²) >= 11 is 12.4. The quantitative estimate of drug-likeness (QED) is 0.631. The van der Waals surface area contributed by atoms with Crippen molar-refractivity contribution in [3.63, 3.8) is 0 Å². The molecule has 146 valence electrons. The number of nitrogens with zero attached hydrogens (tertiary/aromatic N) is 3. The summed E-state index contributed by atoms with van der Waals surface area (Å²) in [7, 11) is 1.80. The van der Waals surface area contributed by atoms with Crippen LogP contribution in [-0.2, 0) is 4.74 Å². The Bertz CT molecular complexity index is 880. The first-order valence-corrected chi connectivity index (χ1v) is 9.78. The predicted octanol–water partition coefficient (Wildman–Crippen LogP) is 5.30. The normalized spacial score (nSPS) is 17.4. The fourth-order valence-corrected chi connectivity index (χ4v) is 3.91. The number of halogens is 2. The molecule has 7 heteroatoms. The van der Waals surface area contributed by atoms with E-state index in [9.17, 15) is 4.79 Å². The van der Waals surface area contributed by atoms with E-state index in [4.69, 9.17) is 27.9 Å². The molecule has 1 aromatic heterocycles. The molecule has 1 atom stereocenters. The van der Waals surface area contributed by atoms with Crippen molar-refractivity contribution in [1.82, 2.24) is 9.88 Å². The number of hydrogen-bond acceptors (Lipinski definition) is 4. The predicted molar refractivity (Wildman–Crippen MR) is 111 cm³/mol. The van der Waals surface area contributed by atoms with Gasteiger partial charge < -0.3 is 14.5 Å². The second-order valence-corrected chi connectivity index (χ2v) is 8.86. The number of fused-ring (bicyclic) bond motifs is 1. The molecular formula is C20H25Cl2N3O2. The van der Waals surface area contributed by atoms with E-state index in [1.54, 1.807) is 18.0 Å². The zero-order chi connectivity index (χ0) is 19.9. The lowest BCUT2D eigenvalue weighted by molar-refractivity contribution is 0.0238. The van der Waals surface area contributed by atoms with E-state index in [1.807, 2.05) is 26.8 Å². The number of ether oxygens (including phenoxy) is 1. The lowest BCUT2D eigenvalue weighted by atomic mass is 10.1. The number of aromatic nitrogens is 1. The van der Waals surface area contributed by atoms with Crippen LogP contribution in [-0.4, -0.2) is 47.8 Å². The van der Waals surface area contributed by atoms with Gasteiger partial charge >= 0.3 is 6.09 Å². The van der Waals surface area contributed by atoms with Gasteiger partial charge in [0.15, 0.2) is 0 Å². The van der Waals surface area contributed by atoms with Crippen LogP contribution in [0.4, 0.5) is 10.5 Å². The van der Waals surface area contributed by atoms with Crippen molar-refractivity contribution in [2.45, 2.75) is 45.8 Å². The Morgan fingerprint density at radius 2 is 2.00 bits per heavy atom. The summed E-state index contributed by atoms with van der Waals surface area (Å²) in [5, 5.41) is 1.86. The monoisotopic (exact) mass is 409 g/mol. The molecule has 2 heterocycles. The minimum atomic E-state index is -0.496. The first-order valence-electron chi connectivity index (χ1n) is 9.02. The highest BCUT2D eigenvalue weighted by molar-refractivity contribution is 6.37. The number of carbonyl (C=O) groups excluding carboxylic acids is 1. The van der Waals surface area contributed by atoms with Gasteiger partial charge in [0.25, 0.3) is 0 Å². The maximum absolute atomic E-state index is 12.4. The van der Waals surface area contributed by atoms with Gasteiger partial charge in [0, 0.05) is 31.2 Å². The summed E-state index contributed by atoms with van der Waals surface area (Å²) < 4.78 is 5.49. The highest BCUT2D eigenvalue weighted by atomic mass is 35.5. The van der Waals surface area contributed by atoms with Crippen molar-refractivity contribution in [3.05, 3.63) is 33.9 Å². The van der Waals surface area contributed by atoms with E-state index >= 15 is 0 Å². The van der Waals surface area contributed by atoms with Crippen LogP contribution in [0.15, 0.2) is 18.2 Å². The molecule has 0 saturated carbocycles. The van der Waals surface area contributed by atoms with E-state index in [0.717, 1.165) is 41.7 Å². The Kier molecular flexibility index (Phi) is 5.46. The summed E-state index contributed by atoms with van der Waals surface area (Å²) in [5.41, 5.74) is 2.50. The van der Waals surface area contributed by atoms with Crippen molar-refractivity contribution in [3.8, 4) is 0 Å². The fraction of sp³-hybridized carbons (Fsp3) is 0.500. The summed E-state index contributed by atoms with van der Waals surface area (Å²) in [6, 6.07) is 5.83. The molecule has 5 nitrogen and oxygen atoms in total. The van der Waals surface area contributed by atoms with Crippen LogP contribution in [0.1, 0.15) is 32.8 Å². The van der Waals surface area contributed by atoms with Gasteiger partial charge in [-0.2, -0.15) is 0 Å². The van der Waals surface area contributed by atoms with Crippen LogP contribution in [0.2, 0.25) is 10.2 Å². The van der Waals surface area contributed by atoms with Crippen molar-refractivity contribution >= 4 is 45.9 Å². The Balaban J connectivity index is 1.81. The second kappa shape index (κ2) is 7.36. The van der Waals surface area contributed by atoms with E-state index in [1.165, 1.54) is 0 Å². The third kappa shape index (κ3) is 4.41. The van der Waals surface area contributed by atoms with Gasteiger partial charge in [-0.15, -0.1) is 0 Å². The molecule has 0 aliphatic carbocycles. The zero-order valence-electron chi connectivity index (χ0n) is 16.3. The molecule has 0 radical (unpaired) electrons. The first-order chi connectivity index (χ1) is 12.5. The zero-order valence-corrected chi connectivity index (χ0v) is 17.9. The molecule has 3 rings (SSSR count). The standard InChI is InChI=1S/C20H25Cl2N3O2/c1-12-8-16-14(15(21)10-18(22)23-16)9-17(12)25-7-6-13(11-25)24(5)19(26)27-20(2,3)4/h8-10,13H,6-7,11H2,1-5H3/t13-/m0/s1. The van der Waals surface area contributed by atoms with Gasteiger partial charge in [0.2, 0.25) is 0 Å². The first kappa shape index (κ1) is 20.0. The summed E-state index contributed by atoms with van der Waals surface area (Å²) in [6.45, 7) is 9.30. The molecule has 27 heavy (non-hydrogen) atoms. The lowest BCUT2D eigenvalue weighted by Crippen LogP contribution is -2.42. The van der Waals surface area contributed by atoms with Crippen LogP contribution >= 0.6 is 23.2 Å². The minimum Gasteiger partial charge on any atom is -0.444 e. The average Bonchev–Trinajstić information content (AvgIpc) is 3.01. The van der Waals surface area contributed by atoms with E-state index in [0.29, 0.717) is 10.2 Å². The van der Waals surface area contributed by atoms with Crippen LogP contribution in [0.25, 0.3) is 10.9 Å². The molecule has 2 aromatic rings. The van der Waals surface area contributed by atoms with Gasteiger partial charge in [0.05, 0.1) is 16.6 Å². The topological polar surface area (TPSA) is 45.7 Å². The average molecular weight is 410 g/mol. The Labute approximate surface area is 170 Å². The number of pyridine rings is 1. The van der Waals surface area contributed by atoms with Gasteiger partial charge in [-0.1, -0.05) is 23.2 Å². The summed E-state index contributed by atoms with van der Waals surface area (Å²) in [5.74, 6) is 0. The molecule has 1 aliphatic heterocycles. The van der Waals surface area contributed by atoms with Crippen LogP contribution in [0.5, 0.6) is 0 Å². The maximum Gasteiger partial charge on any atom is 0.410 e. The Hall–Kier alpha value is -1.72. The van der Waals surface area contributed by atoms with Crippen LogP contribution in [0, 0.1) is 6.92 Å². The fourth-order valence-electron chi connectivity index (χ4n) is 3.40. The van der Waals surface area contributed by atoms with Crippen molar-refractivity contribution in [2.24, 2.45) is 0 Å². The Morgan fingerprint density at radius 3 is 2.67 bits per heavy atom. The molecular weight excluding hydrogens is 385 g/mol. The number of benzene rings is 1. The van der Waals surface area contributed by atoms with Gasteiger partial charge in [-0.3, -0.25) is 0 Å². The number of likely N-dealkylation sites (N-methyl/N-ethyl adjacent to an activating group) is 1. The number of aryl methyl sites for hydroxylation is 1. The summed E-state index contributed by atoms with van der Waals surface area (Å²) in [4.78, 5) is 20.7. The molecule has 1 fully saturated rings.